The molecule has 0 spiro atoms. The van der Waals surface area contributed by atoms with Crippen LogP contribution in [-0.4, -0.2) is 19.1 Å². The van der Waals surface area contributed by atoms with Crippen LogP contribution in [0.5, 0.6) is 0 Å². The highest BCUT2D eigenvalue weighted by molar-refractivity contribution is 5.48. The first-order chi connectivity index (χ1) is 8.17. The van der Waals surface area contributed by atoms with Crippen LogP contribution in [0.3, 0.4) is 0 Å². The van der Waals surface area contributed by atoms with Gasteiger partial charge in [0.1, 0.15) is 0 Å². The fourth-order valence-corrected chi connectivity index (χ4v) is 2.70. The summed E-state index contributed by atoms with van der Waals surface area (Å²) < 4.78 is 0. The van der Waals surface area contributed by atoms with Gasteiger partial charge in [-0.15, -0.1) is 0 Å². The second-order valence-corrected chi connectivity index (χ2v) is 5.13. The van der Waals surface area contributed by atoms with Gasteiger partial charge < -0.3 is 10.6 Å². The predicted octanol–water partition coefficient (Wildman–Crippen LogP) is 2.98. The van der Waals surface area contributed by atoms with Crippen LogP contribution >= 0.6 is 0 Å². The molecule has 0 aliphatic heterocycles. The summed E-state index contributed by atoms with van der Waals surface area (Å²) in [6.07, 6.45) is 1.27. The average Bonchev–Trinajstić information content (AvgIpc) is 3.12. The number of benzene rings is 1. The summed E-state index contributed by atoms with van der Waals surface area (Å²) in [5.41, 5.74) is 8.73. The summed E-state index contributed by atoms with van der Waals surface area (Å²) in [6, 6.07) is 9.39. The van der Waals surface area contributed by atoms with Crippen molar-refractivity contribution in [3.8, 4) is 0 Å². The molecule has 0 aromatic heterocycles. The molecule has 0 heterocycles. The number of hydrogen-bond donors (Lipinski definition) is 1. The molecule has 94 valence electrons. The van der Waals surface area contributed by atoms with Crippen LogP contribution in [0, 0.1) is 5.92 Å². The monoisotopic (exact) mass is 232 g/mol. The van der Waals surface area contributed by atoms with E-state index >= 15 is 0 Å². The van der Waals surface area contributed by atoms with E-state index in [1.54, 1.807) is 0 Å². The van der Waals surface area contributed by atoms with Gasteiger partial charge in [-0.2, -0.15) is 0 Å². The molecule has 0 unspecified atom stereocenters. The van der Waals surface area contributed by atoms with E-state index in [4.69, 9.17) is 5.73 Å². The first kappa shape index (κ1) is 12.4. The second-order valence-electron chi connectivity index (χ2n) is 5.13. The Labute approximate surface area is 105 Å². The van der Waals surface area contributed by atoms with Gasteiger partial charge >= 0.3 is 0 Å². The zero-order chi connectivity index (χ0) is 12.4. The Morgan fingerprint density at radius 2 is 1.82 bits per heavy atom. The van der Waals surface area contributed by atoms with Crippen molar-refractivity contribution in [1.82, 2.24) is 0 Å². The molecule has 1 saturated carbocycles. The molecule has 1 aliphatic rings. The van der Waals surface area contributed by atoms with Crippen molar-refractivity contribution in [1.29, 1.82) is 0 Å². The van der Waals surface area contributed by atoms with Crippen molar-refractivity contribution >= 4 is 5.69 Å². The summed E-state index contributed by atoms with van der Waals surface area (Å²) in [5.74, 6) is 1.41. The van der Waals surface area contributed by atoms with E-state index in [-0.39, 0.29) is 0 Å². The standard InChI is InChI=1S/C15H24N2/c1-4-17(5-2)13-8-6-12(7-9-13)15-10-14(15)11(3)16/h6-9,11,14-15H,4-5,10,16H2,1-3H3/t11-,14-,15-/m1/s1. The van der Waals surface area contributed by atoms with Gasteiger partial charge in [-0.3, -0.25) is 0 Å². The molecule has 2 heteroatoms. The topological polar surface area (TPSA) is 29.3 Å². The Kier molecular flexibility index (Phi) is 3.72. The van der Waals surface area contributed by atoms with E-state index in [2.05, 4.69) is 49.9 Å². The van der Waals surface area contributed by atoms with Crippen LogP contribution in [0.2, 0.25) is 0 Å². The molecular formula is C15H24N2. The van der Waals surface area contributed by atoms with Crippen molar-refractivity contribution in [3.63, 3.8) is 0 Å². The zero-order valence-electron chi connectivity index (χ0n) is 11.2. The lowest BCUT2D eigenvalue weighted by Crippen LogP contribution is -2.21. The third-order valence-corrected chi connectivity index (χ3v) is 3.96. The van der Waals surface area contributed by atoms with E-state index < -0.39 is 0 Å². The number of rotatable bonds is 5. The lowest BCUT2D eigenvalue weighted by Gasteiger charge is -2.21. The van der Waals surface area contributed by atoms with Crippen molar-refractivity contribution in [2.24, 2.45) is 11.7 Å². The maximum absolute atomic E-state index is 5.94. The molecule has 0 saturated heterocycles. The summed E-state index contributed by atoms with van der Waals surface area (Å²) in [7, 11) is 0. The summed E-state index contributed by atoms with van der Waals surface area (Å²) in [5, 5.41) is 0. The SMILES string of the molecule is CCN(CC)c1ccc([C@H]2C[C@@H]2[C@@H](C)N)cc1. The van der Waals surface area contributed by atoms with Crippen LogP contribution < -0.4 is 10.6 Å². The van der Waals surface area contributed by atoms with Crippen molar-refractivity contribution in [2.45, 2.75) is 39.2 Å². The minimum atomic E-state index is 0.336. The van der Waals surface area contributed by atoms with E-state index in [0.29, 0.717) is 17.9 Å². The van der Waals surface area contributed by atoms with E-state index in [9.17, 15) is 0 Å². The fourth-order valence-electron chi connectivity index (χ4n) is 2.70. The van der Waals surface area contributed by atoms with Crippen molar-refractivity contribution in [3.05, 3.63) is 29.8 Å². The molecule has 2 N–H and O–H groups in total. The van der Waals surface area contributed by atoms with E-state index in [1.165, 1.54) is 17.7 Å². The first-order valence-corrected chi connectivity index (χ1v) is 6.77. The molecule has 1 aromatic rings. The van der Waals surface area contributed by atoms with Gasteiger partial charge in [0.2, 0.25) is 0 Å². The van der Waals surface area contributed by atoms with Gasteiger partial charge in [-0.05, 0) is 56.7 Å². The normalized spacial score (nSPS) is 24.5. The number of nitrogens with zero attached hydrogens (tertiary/aromatic N) is 1. The van der Waals surface area contributed by atoms with Gasteiger partial charge in [-0.25, -0.2) is 0 Å². The minimum absolute atomic E-state index is 0.336. The highest BCUT2D eigenvalue weighted by atomic mass is 15.1. The lowest BCUT2D eigenvalue weighted by molar-refractivity contribution is 0.631. The average molecular weight is 232 g/mol. The summed E-state index contributed by atoms with van der Waals surface area (Å²) in [6.45, 7) is 8.66. The van der Waals surface area contributed by atoms with Crippen LogP contribution in [0.1, 0.15) is 38.7 Å². The highest BCUT2D eigenvalue weighted by Gasteiger charge is 2.40. The minimum Gasteiger partial charge on any atom is -0.372 e. The molecule has 1 fully saturated rings. The molecular weight excluding hydrogens is 208 g/mol. The Morgan fingerprint density at radius 3 is 2.24 bits per heavy atom. The molecule has 1 aromatic carbocycles. The van der Waals surface area contributed by atoms with Crippen LogP contribution in [0.25, 0.3) is 0 Å². The maximum Gasteiger partial charge on any atom is 0.0366 e. The number of nitrogens with two attached hydrogens (primary N) is 1. The first-order valence-electron chi connectivity index (χ1n) is 6.77. The largest absolute Gasteiger partial charge is 0.372 e. The van der Waals surface area contributed by atoms with Gasteiger partial charge in [0.05, 0.1) is 0 Å². The van der Waals surface area contributed by atoms with Gasteiger partial charge in [0, 0.05) is 24.8 Å². The van der Waals surface area contributed by atoms with E-state index in [1.807, 2.05) is 0 Å². The number of hydrogen-bond acceptors (Lipinski definition) is 2. The Morgan fingerprint density at radius 1 is 1.24 bits per heavy atom. The summed E-state index contributed by atoms with van der Waals surface area (Å²) in [4.78, 5) is 2.37. The van der Waals surface area contributed by atoms with Crippen LogP contribution in [0.4, 0.5) is 5.69 Å². The fraction of sp³-hybridized carbons (Fsp3) is 0.600. The smallest absolute Gasteiger partial charge is 0.0366 e. The zero-order valence-corrected chi connectivity index (χ0v) is 11.2. The molecule has 2 nitrogen and oxygen atoms in total. The quantitative estimate of drug-likeness (QED) is 0.845. The summed E-state index contributed by atoms with van der Waals surface area (Å²) >= 11 is 0. The molecule has 1 aliphatic carbocycles. The lowest BCUT2D eigenvalue weighted by atomic mass is 10.1. The van der Waals surface area contributed by atoms with Crippen molar-refractivity contribution in [2.75, 3.05) is 18.0 Å². The maximum atomic E-state index is 5.94. The van der Waals surface area contributed by atoms with Crippen LogP contribution in [0.15, 0.2) is 24.3 Å². The van der Waals surface area contributed by atoms with Crippen LogP contribution in [-0.2, 0) is 0 Å². The third-order valence-electron chi connectivity index (χ3n) is 3.96. The van der Waals surface area contributed by atoms with Gasteiger partial charge in [0.15, 0.2) is 0 Å². The second kappa shape index (κ2) is 5.09. The third kappa shape index (κ3) is 2.63. The van der Waals surface area contributed by atoms with Gasteiger partial charge in [0.25, 0.3) is 0 Å². The molecule has 2 rings (SSSR count). The highest BCUT2D eigenvalue weighted by Crippen LogP contribution is 2.49. The molecule has 0 radical (unpaired) electrons. The Hall–Kier alpha value is -1.02. The molecule has 0 amide bonds. The Balaban J connectivity index is 2.04. The van der Waals surface area contributed by atoms with E-state index in [0.717, 1.165) is 13.1 Å². The Bertz CT molecular complexity index is 352. The number of anilines is 1. The molecule has 3 atom stereocenters. The molecule has 0 bridgehead atoms. The van der Waals surface area contributed by atoms with Crippen molar-refractivity contribution < 1.29 is 0 Å². The predicted molar refractivity (Wildman–Crippen MR) is 74.5 cm³/mol. The molecule has 17 heavy (non-hydrogen) atoms. The van der Waals surface area contributed by atoms with Gasteiger partial charge in [-0.1, -0.05) is 12.1 Å².